The minimum atomic E-state index is 0. The van der Waals surface area contributed by atoms with Crippen LogP contribution in [0.25, 0.3) is 11.4 Å². The molecule has 0 amide bonds. The molecule has 0 spiro atoms. The van der Waals surface area contributed by atoms with Gasteiger partial charge in [-0.25, -0.2) is 0 Å². The van der Waals surface area contributed by atoms with E-state index in [1.54, 1.807) is 12.4 Å². The lowest BCUT2D eigenvalue weighted by Crippen LogP contribution is -2.26. The van der Waals surface area contributed by atoms with Gasteiger partial charge >= 0.3 is 0 Å². The Morgan fingerprint density at radius 3 is 2.95 bits per heavy atom. The highest BCUT2D eigenvalue weighted by Gasteiger charge is 2.25. The van der Waals surface area contributed by atoms with Gasteiger partial charge in [-0.3, -0.25) is 4.98 Å². The van der Waals surface area contributed by atoms with Crippen molar-refractivity contribution in [2.24, 2.45) is 5.73 Å². The number of aromatic nitrogens is 3. The predicted octanol–water partition coefficient (Wildman–Crippen LogP) is 2.54. The first-order chi connectivity index (χ1) is 8.83. The Kier molecular flexibility index (Phi) is 4.50. The molecule has 0 saturated heterocycles. The summed E-state index contributed by atoms with van der Waals surface area (Å²) in [4.78, 5) is 8.52. The third-order valence-corrected chi connectivity index (χ3v) is 3.43. The first-order valence-electron chi connectivity index (χ1n) is 6.32. The van der Waals surface area contributed by atoms with Crippen LogP contribution in [0, 0.1) is 0 Å². The van der Waals surface area contributed by atoms with Crippen LogP contribution in [0.15, 0.2) is 29.0 Å². The zero-order valence-electron chi connectivity index (χ0n) is 10.5. The van der Waals surface area contributed by atoms with Crippen LogP contribution in [0.3, 0.4) is 0 Å². The van der Waals surface area contributed by atoms with Gasteiger partial charge in [-0.1, -0.05) is 11.6 Å². The van der Waals surface area contributed by atoms with E-state index in [0.29, 0.717) is 17.6 Å². The summed E-state index contributed by atoms with van der Waals surface area (Å²) in [5, 5.41) is 4.02. The highest BCUT2D eigenvalue weighted by atomic mass is 35.5. The van der Waals surface area contributed by atoms with Crippen molar-refractivity contribution in [1.82, 2.24) is 15.1 Å². The van der Waals surface area contributed by atoms with Crippen LogP contribution < -0.4 is 5.73 Å². The molecule has 1 aliphatic rings. The van der Waals surface area contributed by atoms with E-state index >= 15 is 0 Å². The standard InChI is InChI=1S/C13H16N4O.ClH/c14-11-5-1-3-9(7-11)13-16-12(17-18-13)10-4-2-6-15-8-10;/h2,4,6,8-9,11H,1,3,5,7,14H2;1H. The number of nitrogens with zero attached hydrogens (tertiary/aromatic N) is 3. The number of nitrogens with two attached hydrogens (primary N) is 1. The van der Waals surface area contributed by atoms with Gasteiger partial charge in [-0.2, -0.15) is 4.98 Å². The normalized spacial score (nSPS) is 22.8. The summed E-state index contributed by atoms with van der Waals surface area (Å²) in [5.41, 5.74) is 6.86. The SMILES string of the molecule is Cl.NC1CCCC(c2nc(-c3cccnc3)no2)C1. The molecular formula is C13H17ClN4O. The van der Waals surface area contributed by atoms with Crippen molar-refractivity contribution >= 4 is 12.4 Å². The fraction of sp³-hybridized carbons (Fsp3) is 0.462. The molecule has 0 aromatic carbocycles. The fourth-order valence-corrected chi connectivity index (χ4v) is 2.47. The molecule has 5 nitrogen and oxygen atoms in total. The molecule has 2 atom stereocenters. The molecular weight excluding hydrogens is 264 g/mol. The maximum Gasteiger partial charge on any atom is 0.230 e. The van der Waals surface area contributed by atoms with E-state index in [1.807, 2.05) is 12.1 Å². The van der Waals surface area contributed by atoms with Gasteiger partial charge in [-0.15, -0.1) is 12.4 Å². The molecule has 1 aliphatic carbocycles. The van der Waals surface area contributed by atoms with Crippen molar-refractivity contribution in [3.63, 3.8) is 0 Å². The topological polar surface area (TPSA) is 77.8 Å². The predicted molar refractivity (Wildman–Crippen MR) is 74.0 cm³/mol. The molecule has 2 aromatic heterocycles. The first-order valence-corrected chi connectivity index (χ1v) is 6.32. The fourth-order valence-electron chi connectivity index (χ4n) is 2.47. The zero-order chi connectivity index (χ0) is 12.4. The molecule has 2 unspecified atom stereocenters. The Morgan fingerprint density at radius 1 is 1.32 bits per heavy atom. The summed E-state index contributed by atoms with van der Waals surface area (Å²) >= 11 is 0. The van der Waals surface area contributed by atoms with E-state index in [2.05, 4.69) is 15.1 Å². The number of hydrogen-bond acceptors (Lipinski definition) is 5. The summed E-state index contributed by atoms with van der Waals surface area (Å²) in [6, 6.07) is 4.05. The quantitative estimate of drug-likeness (QED) is 0.914. The molecule has 1 saturated carbocycles. The Labute approximate surface area is 118 Å². The second-order valence-corrected chi connectivity index (χ2v) is 4.82. The zero-order valence-corrected chi connectivity index (χ0v) is 11.3. The third kappa shape index (κ3) is 3.11. The maximum atomic E-state index is 5.98. The van der Waals surface area contributed by atoms with E-state index in [1.165, 1.54) is 0 Å². The Morgan fingerprint density at radius 2 is 2.21 bits per heavy atom. The summed E-state index contributed by atoms with van der Waals surface area (Å²) in [7, 11) is 0. The van der Waals surface area contributed by atoms with E-state index < -0.39 is 0 Å². The summed E-state index contributed by atoms with van der Waals surface area (Å²) < 4.78 is 5.36. The minimum absolute atomic E-state index is 0. The van der Waals surface area contributed by atoms with Crippen LogP contribution in [0.5, 0.6) is 0 Å². The molecule has 19 heavy (non-hydrogen) atoms. The van der Waals surface area contributed by atoms with Gasteiger partial charge in [0.2, 0.25) is 11.7 Å². The first kappa shape index (κ1) is 14.0. The molecule has 2 aromatic rings. The Bertz CT molecular complexity index is 516. The highest BCUT2D eigenvalue weighted by molar-refractivity contribution is 5.85. The van der Waals surface area contributed by atoms with Crippen molar-refractivity contribution in [3.8, 4) is 11.4 Å². The van der Waals surface area contributed by atoms with Gasteiger partial charge < -0.3 is 10.3 Å². The Hall–Kier alpha value is -1.46. The van der Waals surface area contributed by atoms with Gasteiger partial charge in [0.05, 0.1) is 0 Å². The highest BCUT2D eigenvalue weighted by Crippen LogP contribution is 2.31. The second-order valence-electron chi connectivity index (χ2n) is 4.82. The van der Waals surface area contributed by atoms with Gasteiger partial charge in [0.1, 0.15) is 0 Å². The van der Waals surface area contributed by atoms with Gasteiger partial charge in [0, 0.05) is 29.9 Å². The molecule has 0 radical (unpaired) electrons. The number of hydrogen-bond donors (Lipinski definition) is 1. The largest absolute Gasteiger partial charge is 0.339 e. The van der Waals surface area contributed by atoms with Crippen molar-refractivity contribution < 1.29 is 4.52 Å². The Balaban J connectivity index is 0.00000133. The average Bonchev–Trinajstić information content (AvgIpc) is 2.89. The molecule has 2 heterocycles. The summed E-state index contributed by atoms with van der Waals surface area (Å²) in [6.07, 6.45) is 7.72. The number of pyridine rings is 1. The lowest BCUT2D eigenvalue weighted by molar-refractivity contribution is 0.299. The van der Waals surface area contributed by atoms with Crippen molar-refractivity contribution in [1.29, 1.82) is 0 Å². The lowest BCUT2D eigenvalue weighted by atomic mass is 9.86. The second kappa shape index (κ2) is 6.12. The van der Waals surface area contributed by atoms with E-state index in [0.717, 1.165) is 31.2 Å². The molecule has 102 valence electrons. The van der Waals surface area contributed by atoms with Gasteiger partial charge in [0.25, 0.3) is 0 Å². The molecule has 6 heteroatoms. The molecule has 2 N–H and O–H groups in total. The summed E-state index contributed by atoms with van der Waals surface area (Å²) in [6.45, 7) is 0. The van der Waals surface area contributed by atoms with Crippen LogP contribution in [-0.2, 0) is 0 Å². The van der Waals surface area contributed by atoms with Crippen molar-refractivity contribution in [3.05, 3.63) is 30.4 Å². The van der Waals surface area contributed by atoms with Crippen LogP contribution in [0.2, 0.25) is 0 Å². The third-order valence-electron chi connectivity index (χ3n) is 3.43. The minimum Gasteiger partial charge on any atom is -0.339 e. The monoisotopic (exact) mass is 280 g/mol. The van der Waals surface area contributed by atoms with Crippen LogP contribution >= 0.6 is 12.4 Å². The van der Waals surface area contributed by atoms with Crippen LogP contribution in [0.4, 0.5) is 0 Å². The van der Waals surface area contributed by atoms with E-state index in [-0.39, 0.29) is 18.4 Å². The lowest BCUT2D eigenvalue weighted by Gasteiger charge is -2.23. The van der Waals surface area contributed by atoms with Crippen molar-refractivity contribution in [2.75, 3.05) is 0 Å². The summed E-state index contributed by atoms with van der Waals surface area (Å²) in [5.74, 6) is 1.63. The molecule has 3 rings (SSSR count). The van der Waals surface area contributed by atoms with E-state index in [9.17, 15) is 0 Å². The maximum absolute atomic E-state index is 5.98. The molecule has 1 fully saturated rings. The van der Waals surface area contributed by atoms with E-state index in [4.69, 9.17) is 10.3 Å². The van der Waals surface area contributed by atoms with Gasteiger partial charge in [-0.05, 0) is 31.4 Å². The molecule has 0 bridgehead atoms. The van der Waals surface area contributed by atoms with Crippen LogP contribution in [-0.4, -0.2) is 21.2 Å². The number of halogens is 1. The molecule has 0 aliphatic heterocycles. The average molecular weight is 281 g/mol. The van der Waals surface area contributed by atoms with Crippen LogP contribution in [0.1, 0.15) is 37.5 Å². The van der Waals surface area contributed by atoms with Gasteiger partial charge in [0.15, 0.2) is 0 Å². The number of rotatable bonds is 2. The van der Waals surface area contributed by atoms with Crippen molar-refractivity contribution in [2.45, 2.75) is 37.6 Å². The smallest absolute Gasteiger partial charge is 0.230 e.